The van der Waals surface area contributed by atoms with Crippen molar-refractivity contribution in [3.8, 4) is 5.75 Å². The maximum atomic E-state index is 12.6. The van der Waals surface area contributed by atoms with E-state index in [-0.39, 0.29) is 18.3 Å². The second-order valence-corrected chi connectivity index (χ2v) is 7.43. The molecule has 0 fully saturated rings. The molecule has 0 aliphatic rings. The van der Waals surface area contributed by atoms with Gasteiger partial charge in [-0.15, -0.1) is 0 Å². The van der Waals surface area contributed by atoms with Gasteiger partial charge in [0.05, 0.1) is 27.9 Å². The molecule has 142 valence electrons. The molecule has 0 bridgehead atoms. The first-order valence-corrected chi connectivity index (χ1v) is 9.42. The van der Waals surface area contributed by atoms with E-state index in [9.17, 15) is 4.79 Å². The first-order valence-electron chi connectivity index (χ1n) is 8.25. The third-order valence-electron chi connectivity index (χ3n) is 4.14. The molecular formula is C19H19BrClN3O3. The predicted molar refractivity (Wildman–Crippen MR) is 106 cm³/mol. The van der Waals surface area contributed by atoms with Crippen molar-refractivity contribution in [2.45, 2.75) is 20.1 Å². The zero-order valence-electron chi connectivity index (χ0n) is 15.2. The van der Waals surface area contributed by atoms with Crippen LogP contribution in [0.25, 0.3) is 0 Å². The number of hydrogen-bond acceptors (Lipinski definition) is 4. The van der Waals surface area contributed by atoms with Crippen molar-refractivity contribution in [3.63, 3.8) is 0 Å². The molecule has 0 aliphatic heterocycles. The highest BCUT2D eigenvalue weighted by Crippen LogP contribution is 2.29. The Hall–Kier alpha value is -2.25. The largest absolute Gasteiger partial charge is 0.484 e. The van der Waals surface area contributed by atoms with Crippen LogP contribution >= 0.6 is 27.5 Å². The Morgan fingerprint density at radius 1 is 1.37 bits per heavy atom. The second kappa shape index (κ2) is 8.19. The molecule has 0 saturated heterocycles. The first-order chi connectivity index (χ1) is 12.9. The molecule has 0 saturated carbocycles. The number of aryl methyl sites for hydroxylation is 2. The van der Waals surface area contributed by atoms with E-state index in [1.165, 1.54) is 0 Å². The molecule has 0 aliphatic carbocycles. The lowest BCUT2D eigenvalue weighted by Gasteiger charge is -2.16. The number of rotatable bonds is 6. The van der Waals surface area contributed by atoms with Gasteiger partial charge in [0.1, 0.15) is 18.1 Å². The Balaban J connectivity index is 1.65. The van der Waals surface area contributed by atoms with Gasteiger partial charge in [-0.25, -0.2) is 0 Å². The lowest BCUT2D eigenvalue weighted by atomic mass is 10.2. The van der Waals surface area contributed by atoms with Gasteiger partial charge < -0.3 is 14.1 Å². The van der Waals surface area contributed by atoms with E-state index in [1.807, 2.05) is 26.1 Å². The smallest absolute Gasteiger partial charge is 0.289 e. The van der Waals surface area contributed by atoms with Crippen molar-refractivity contribution >= 4 is 33.4 Å². The monoisotopic (exact) mass is 451 g/mol. The van der Waals surface area contributed by atoms with Crippen LogP contribution in [-0.4, -0.2) is 27.6 Å². The number of furan rings is 1. The quantitative estimate of drug-likeness (QED) is 0.549. The number of nitrogens with zero attached hydrogens (tertiary/aromatic N) is 3. The highest BCUT2D eigenvalue weighted by Gasteiger charge is 2.19. The van der Waals surface area contributed by atoms with E-state index < -0.39 is 0 Å². The van der Waals surface area contributed by atoms with Crippen molar-refractivity contribution in [2.75, 3.05) is 7.05 Å². The topological polar surface area (TPSA) is 60.5 Å². The zero-order chi connectivity index (χ0) is 19.6. The standard InChI is InChI=1S/C19H19BrClN3O3/c1-12-5-4-6-15(21)18(12)26-11-13-7-8-17(27-13)19(25)23(2)10-16-14(20)9-22-24(16)3/h4-9H,10-11H2,1-3H3. The summed E-state index contributed by atoms with van der Waals surface area (Å²) in [5.74, 6) is 1.20. The van der Waals surface area contributed by atoms with Crippen molar-refractivity contribution in [2.24, 2.45) is 7.05 Å². The third kappa shape index (κ3) is 4.36. The van der Waals surface area contributed by atoms with Crippen LogP contribution in [0.3, 0.4) is 0 Å². The fourth-order valence-corrected chi connectivity index (χ4v) is 3.36. The molecule has 27 heavy (non-hydrogen) atoms. The fraction of sp³-hybridized carbons (Fsp3) is 0.263. The van der Waals surface area contributed by atoms with Crippen LogP contribution in [0.5, 0.6) is 5.75 Å². The average molecular weight is 453 g/mol. The zero-order valence-corrected chi connectivity index (χ0v) is 17.5. The molecule has 0 unspecified atom stereocenters. The maximum absolute atomic E-state index is 12.6. The number of halogens is 2. The normalized spacial score (nSPS) is 10.9. The summed E-state index contributed by atoms with van der Waals surface area (Å²) >= 11 is 9.60. The van der Waals surface area contributed by atoms with Crippen LogP contribution in [0.4, 0.5) is 0 Å². The molecule has 2 aromatic heterocycles. The molecule has 1 aromatic carbocycles. The molecule has 3 rings (SSSR count). The average Bonchev–Trinajstić information content (AvgIpc) is 3.22. The fourth-order valence-electron chi connectivity index (χ4n) is 2.61. The van der Waals surface area contributed by atoms with E-state index in [0.717, 1.165) is 15.7 Å². The van der Waals surface area contributed by atoms with Gasteiger partial charge in [-0.1, -0.05) is 23.7 Å². The Bertz CT molecular complexity index is 927. The summed E-state index contributed by atoms with van der Waals surface area (Å²) < 4.78 is 14.0. The van der Waals surface area contributed by atoms with Crippen LogP contribution < -0.4 is 4.74 Å². The summed E-state index contributed by atoms with van der Waals surface area (Å²) in [5.41, 5.74) is 1.84. The summed E-state index contributed by atoms with van der Waals surface area (Å²) in [6, 6.07) is 8.93. The number of ether oxygens (including phenoxy) is 1. The van der Waals surface area contributed by atoms with Gasteiger partial charge in [-0.05, 0) is 46.6 Å². The molecule has 0 radical (unpaired) electrons. The van der Waals surface area contributed by atoms with E-state index in [2.05, 4.69) is 21.0 Å². The van der Waals surface area contributed by atoms with E-state index >= 15 is 0 Å². The minimum absolute atomic E-state index is 0.189. The summed E-state index contributed by atoms with van der Waals surface area (Å²) in [5, 5.41) is 4.69. The van der Waals surface area contributed by atoms with Gasteiger partial charge in [0.15, 0.2) is 5.76 Å². The van der Waals surface area contributed by atoms with E-state index in [1.54, 1.807) is 41.0 Å². The van der Waals surface area contributed by atoms with Crippen molar-refractivity contribution in [1.82, 2.24) is 14.7 Å². The second-order valence-electron chi connectivity index (χ2n) is 6.16. The molecule has 3 aromatic rings. The minimum Gasteiger partial charge on any atom is -0.484 e. The van der Waals surface area contributed by atoms with Gasteiger partial charge in [0.25, 0.3) is 5.91 Å². The molecule has 0 spiro atoms. The molecule has 1 amide bonds. The van der Waals surface area contributed by atoms with Gasteiger partial charge in [-0.3, -0.25) is 9.48 Å². The number of amides is 1. The Morgan fingerprint density at radius 2 is 2.15 bits per heavy atom. The van der Waals surface area contributed by atoms with Gasteiger partial charge in [0, 0.05) is 14.1 Å². The molecule has 8 heteroatoms. The van der Waals surface area contributed by atoms with E-state index in [0.29, 0.717) is 23.1 Å². The summed E-state index contributed by atoms with van der Waals surface area (Å²) in [6.45, 7) is 2.51. The van der Waals surface area contributed by atoms with Crippen molar-refractivity contribution < 1.29 is 13.9 Å². The lowest BCUT2D eigenvalue weighted by molar-refractivity contribution is 0.0746. The van der Waals surface area contributed by atoms with Gasteiger partial charge in [0.2, 0.25) is 0 Å². The van der Waals surface area contributed by atoms with E-state index in [4.69, 9.17) is 20.8 Å². The highest BCUT2D eigenvalue weighted by atomic mass is 79.9. The molecule has 2 heterocycles. The third-order valence-corrected chi connectivity index (χ3v) is 5.10. The number of para-hydroxylation sites is 1. The molecule has 0 N–H and O–H groups in total. The first kappa shape index (κ1) is 19.5. The maximum Gasteiger partial charge on any atom is 0.289 e. The Labute approximate surface area is 170 Å². The van der Waals surface area contributed by atoms with Gasteiger partial charge >= 0.3 is 0 Å². The SMILES string of the molecule is Cc1cccc(Cl)c1OCc1ccc(C(=O)N(C)Cc2c(Br)cnn2C)o1. The Kier molecular flexibility index (Phi) is 5.92. The van der Waals surface area contributed by atoms with Crippen LogP contribution in [-0.2, 0) is 20.2 Å². The minimum atomic E-state index is -0.219. The lowest BCUT2D eigenvalue weighted by Crippen LogP contribution is -2.27. The van der Waals surface area contributed by atoms with Crippen LogP contribution in [0.15, 0.2) is 45.4 Å². The van der Waals surface area contributed by atoms with Gasteiger partial charge in [-0.2, -0.15) is 5.10 Å². The van der Waals surface area contributed by atoms with Crippen LogP contribution in [0, 0.1) is 6.92 Å². The highest BCUT2D eigenvalue weighted by molar-refractivity contribution is 9.10. The van der Waals surface area contributed by atoms with Crippen molar-refractivity contribution in [1.29, 1.82) is 0 Å². The Morgan fingerprint density at radius 3 is 2.81 bits per heavy atom. The summed E-state index contributed by atoms with van der Waals surface area (Å²) in [4.78, 5) is 14.2. The molecule has 6 nitrogen and oxygen atoms in total. The number of carbonyl (C=O) groups excluding carboxylic acids is 1. The number of carbonyl (C=O) groups is 1. The van der Waals surface area contributed by atoms with Crippen LogP contribution in [0.2, 0.25) is 5.02 Å². The summed E-state index contributed by atoms with van der Waals surface area (Å²) in [7, 11) is 3.55. The number of benzene rings is 1. The number of aromatic nitrogens is 2. The molecule has 0 atom stereocenters. The summed E-state index contributed by atoms with van der Waals surface area (Å²) in [6.07, 6.45) is 1.70. The van der Waals surface area contributed by atoms with Crippen molar-refractivity contribution in [3.05, 3.63) is 68.8 Å². The predicted octanol–water partition coefficient (Wildman–Crippen LogP) is 4.59. The molecular weight excluding hydrogens is 434 g/mol. The number of hydrogen-bond donors (Lipinski definition) is 0. The van der Waals surface area contributed by atoms with Crippen LogP contribution in [0.1, 0.15) is 27.6 Å².